The highest BCUT2D eigenvalue weighted by atomic mass is 32.3. The minimum atomic E-state index is -3.67. The molecule has 2 N–H and O–H groups in total. The number of sulfonamides is 1. The Morgan fingerprint density at radius 1 is 1.29 bits per heavy atom. The minimum absolute atomic E-state index is 0.0415. The Morgan fingerprint density at radius 3 is 2.71 bits per heavy atom. The molecule has 2 amide bonds. The predicted molar refractivity (Wildman–Crippen MR) is 74.4 cm³/mol. The van der Waals surface area contributed by atoms with Crippen molar-refractivity contribution in [3.05, 3.63) is 29.3 Å². The molecule has 8 heteroatoms. The Kier molecular flexibility index (Phi) is 3.40. The zero-order valence-electron chi connectivity index (χ0n) is 11.4. The lowest BCUT2D eigenvalue weighted by molar-refractivity contribution is 0.0879. The third-order valence-corrected chi connectivity index (χ3v) is 5.76. The zero-order valence-corrected chi connectivity index (χ0v) is 12.2. The molecule has 7 nitrogen and oxygen atoms in total. The molecule has 21 heavy (non-hydrogen) atoms. The molecule has 1 fully saturated rings. The molecule has 3 rings (SSSR count). The van der Waals surface area contributed by atoms with E-state index >= 15 is 0 Å². The number of benzene rings is 1. The number of hydrogen-bond donors (Lipinski definition) is 2. The maximum absolute atomic E-state index is 12.7. The van der Waals surface area contributed by atoms with Gasteiger partial charge >= 0.3 is 0 Å². The molecule has 2 heterocycles. The van der Waals surface area contributed by atoms with Crippen LogP contribution in [0.4, 0.5) is 0 Å². The lowest BCUT2D eigenvalue weighted by Crippen LogP contribution is -2.54. The molecule has 1 aromatic rings. The van der Waals surface area contributed by atoms with Crippen LogP contribution in [0.25, 0.3) is 0 Å². The summed E-state index contributed by atoms with van der Waals surface area (Å²) >= 11 is 0. The number of nitrogens with zero attached hydrogens (tertiary/aromatic N) is 1. The van der Waals surface area contributed by atoms with E-state index in [0.29, 0.717) is 19.6 Å². The van der Waals surface area contributed by atoms with Crippen molar-refractivity contribution in [2.45, 2.75) is 17.9 Å². The number of piperazine rings is 1. The van der Waals surface area contributed by atoms with Crippen molar-refractivity contribution in [3.63, 3.8) is 0 Å². The van der Waals surface area contributed by atoms with E-state index in [1.165, 1.54) is 22.5 Å². The van der Waals surface area contributed by atoms with Crippen molar-refractivity contribution in [1.29, 1.82) is 0 Å². The normalized spacial score (nSPS) is 25.3. The van der Waals surface area contributed by atoms with Crippen LogP contribution in [0.15, 0.2) is 23.1 Å². The summed E-state index contributed by atoms with van der Waals surface area (Å²) in [5.41, 5.74) is 0.330. The van der Waals surface area contributed by atoms with Crippen LogP contribution in [0, 0.1) is 0 Å². The topological polar surface area (TPSA) is 102 Å². The van der Waals surface area contributed by atoms with Gasteiger partial charge in [0.1, 0.15) is 0 Å². The first kappa shape index (κ1) is 14.3. The Morgan fingerprint density at radius 2 is 2.00 bits per heavy atom. The van der Waals surface area contributed by atoms with Gasteiger partial charge in [-0.15, -0.1) is 4.31 Å². The Labute approximate surface area is 123 Å². The molecule has 0 radical (unpaired) electrons. The number of carbonyl (C=O) groups excluding carboxylic acids is 2. The average molecular weight is 309 g/mol. The molecule has 0 saturated carbocycles. The number of fused-ring (bicyclic) bond motifs is 1. The molecule has 1 unspecified atom stereocenters. The van der Waals surface area contributed by atoms with Crippen molar-refractivity contribution in [2.75, 3.05) is 19.6 Å². The molecule has 0 aromatic heterocycles. The molecular weight excluding hydrogens is 294 g/mol. The minimum Gasteiger partial charge on any atom is -0.593 e. The number of nitrogens with one attached hydrogen (secondary N) is 2. The summed E-state index contributed by atoms with van der Waals surface area (Å²) in [6.07, 6.45) is 0. The van der Waals surface area contributed by atoms with Crippen molar-refractivity contribution in [1.82, 2.24) is 14.9 Å². The number of hydrogen-bond acceptors (Lipinski definition) is 5. The fraction of sp³-hybridized carbons (Fsp3) is 0.385. The van der Waals surface area contributed by atoms with Crippen LogP contribution in [0.5, 0.6) is 0 Å². The fourth-order valence-corrected chi connectivity index (χ4v) is 4.28. The van der Waals surface area contributed by atoms with Crippen LogP contribution in [-0.4, -0.2) is 46.3 Å². The largest absolute Gasteiger partial charge is 0.593 e. The SMILES string of the molecule is C[C@@H]1CNCCN1[S+](=O)([O-])c1ccc2c(c1)C(=O)NC2=O. The van der Waals surface area contributed by atoms with Crippen LogP contribution in [0.1, 0.15) is 27.6 Å². The number of amides is 2. The monoisotopic (exact) mass is 309 g/mol. The van der Waals surface area contributed by atoms with Crippen LogP contribution in [0.2, 0.25) is 0 Å². The van der Waals surface area contributed by atoms with Gasteiger partial charge in [0.25, 0.3) is 11.8 Å². The summed E-state index contributed by atoms with van der Waals surface area (Å²) in [5.74, 6) is -1.05. The van der Waals surface area contributed by atoms with Gasteiger partial charge in [0.15, 0.2) is 15.3 Å². The highest BCUT2D eigenvalue weighted by Crippen LogP contribution is 2.27. The summed E-state index contributed by atoms with van der Waals surface area (Å²) in [6, 6.07) is 3.88. The Bertz CT molecular complexity index is 675. The third kappa shape index (κ3) is 2.30. The van der Waals surface area contributed by atoms with Gasteiger partial charge in [-0.3, -0.25) is 14.9 Å². The van der Waals surface area contributed by atoms with E-state index in [9.17, 15) is 18.4 Å². The first-order chi connectivity index (χ1) is 9.91. The molecular formula is C13H15N3O4S. The second-order valence-corrected chi connectivity index (χ2v) is 7.05. The van der Waals surface area contributed by atoms with E-state index in [1.807, 2.05) is 6.92 Å². The van der Waals surface area contributed by atoms with Crippen molar-refractivity contribution in [3.8, 4) is 0 Å². The predicted octanol–water partition coefficient (Wildman–Crippen LogP) is -0.232. The molecule has 1 aromatic carbocycles. The van der Waals surface area contributed by atoms with Crippen LogP contribution in [0.3, 0.4) is 0 Å². The highest BCUT2D eigenvalue weighted by Gasteiger charge is 2.38. The Balaban J connectivity index is 2.00. The summed E-state index contributed by atoms with van der Waals surface area (Å²) in [6.45, 7) is 3.38. The summed E-state index contributed by atoms with van der Waals surface area (Å²) in [7, 11) is -3.67. The number of carbonyl (C=O) groups is 2. The van der Waals surface area contributed by atoms with Gasteiger partial charge in [-0.1, -0.05) is 4.21 Å². The lowest BCUT2D eigenvalue weighted by atomic mass is 10.1. The molecule has 2 atom stereocenters. The van der Waals surface area contributed by atoms with E-state index < -0.39 is 22.2 Å². The molecule has 2 aliphatic heterocycles. The quantitative estimate of drug-likeness (QED) is 0.580. The molecule has 1 saturated heterocycles. The first-order valence-electron chi connectivity index (χ1n) is 6.63. The van der Waals surface area contributed by atoms with Crippen molar-refractivity contribution < 1.29 is 18.4 Å². The van der Waals surface area contributed by atoms with Gasteiger partial charge in [-0.25, -0.2) is 0 Å². The Hall–Kier alpha value is -1.61. The van der Waals surface area contributed by atoms with Gasteiger partial charge < -0.3 is 9.87 Å². The van der Waals surface area contributed by atoms with Gasteiger partial charge in [-0.05, 0) is 19.1 Å². The average Bonchev–Trinajstić information content (AvgIpc) is 2.74. The maximum Gasteiger partial charge on any atom is 0.259 e. The van der Waals surface area contributed by atoms with E-state index in [-0.39, 0.29) is 22.1 Å². The number of imide groups is 1. The van der Waals surface area contributed by atoms with Gasteiger partial charge in [0, 0.05) is 19.2 Å². The molecule has 0 spiro atoms. The van der Waals surface area contributed by atoms with E-state index in [2.05, 4.69) is 10.6 Å². The molecule has 2 aliphatic rings. The highest BCUT2D eigenvalue weighted by molar-refractivity contribution is 7.95. The molecule has 0 bridgehead atoms. The van der Waals surface area contributed by atoms with Crippen molar-refractivity contribution >= 4 is 22.2 Å². The molecule has 0 aliphatic carbocycles. The third-order valence-electron chi connectivity index (χ3n) is 3.75. The van der Waals surface area contributed by atoms with E-state index in [0.717, 1.165) is 0 Å². The first-order valence-corrected chi connectivity index (χ1v) is 8.07. The summed E-state index contributed by atoms with van der Waals surface area (Å²) in [4.78, 5) is 23.2. The van der Waals surface area contributed by atoms with Crippen molar-refractivity contribution in [2.24, 2.45) is 0 Å². The second kappa shape index (κ2) is 4.99. The maximum atomic E-state index is 12.7. The van der Waals surface area contributed by atoms with E-state index in [4.69, 9.17) is 0 Å². The van der Waals surface area contributed by atoms with Gasteiger partial charge in [0.2, 0.25) is 0 Å². The van der Waals surface area contributed by atoms with Crippen LogP contribution in [-0.2, 0) is 14.6 Å². The van der Waals surface area contributed by atoms with Gasteiger partial charge in [0.05, 0.1) is 23.7 Å². The van der Waals surface area contributed by atoms with Gasteiger partial charge in [-0.2, -0.15) is 0 Å². The number of rotatable bonds is 2. The summed E-state index contributed by atoms with van der Waals surface area (Å²) in [5, 5.41) is 5.28. The smallest absolute Gasteiger partial charge is 0.259 e. The summed E-state index contributed by atoms with van der Waals surface area (Å²) < 4.78 is 26.8. The second-order valence-electron chi connectivity index (χ2n) is 5.16. The standard InChI is InChI=1S/C13H15N3O4S/c1-8-7-14-4-5-16(8)21(19,20)9-2-3-10-11(6-9)13(18)15-12(10)17/h2-3,6,8,14H,4-5,7H2,1H3,(H-,15,17,18,19,20)/t8-/m1/s1. The van der Waals surface area contributed by atoms with Crippen LogP contribution < -0.4 is 10.6 Å². The zero-order chi connectivity index (χ0) is 15.2. The van der Waals surface area contributed by atoms with E-state index in [1.54, 1.807) is 0 Å². The fourth-order valence-electron chi connectivity index (χ4n) is 2.62. The lowest BCUT2D eigenvalue weighted by Gasteiger charge is -2.35. The van der Waals surface area contributed by atoms with Crippen LogP contribution >= 0.6 is 0 Å². The molecule has 112 valence electrons.